The number of ether oxygens (including phenoxy) is 1. The average molecular weight is 347 g/mol. The fourth-order valence-corrected chi connectivity index (χ4v) is 4.33. The van der Waals surface area contributed by atoms with Gasteiger partial charge in [-0.15, -0.1) is 0 Å². The molecule has 0 fully saturated rings. The van der Waals surface area contributed by atoms with Crippen LogP contribution in [0.15, 0.2) is 41.3 Å². The molecule has 2 aromatic rings. The van der Waals surface area contributed by atoms with Crippen LogP contribution in [0.3, 0.4) is 0 Å². The maximum atomic E-state index is 12.9. The Balaban J connectivity index is 2.36. The fraction of sp³-hybridized carbons (Fsp3) is 0.368. The second kappa shape index (κ2) is 7.36. The molecular formula is C19H25NO3S. The number of benzene rings is 2. The van der Waals surface area contributed by atoms with Crippen LogP contribution >= 0.6 is 0 Å². The second-order valence-electron chi connectivity index (χ2n) is 6.01. The van der Waals surface area contributed by atoms with Crippen LogP contribution in [0.25, 0.3) is 0 Å². The molecule has 0 aliphatic rings. The number of hydrogen-bond donors (Lipinski definition) is 1. The van der Waals surface area contributed by atoms with Gasteiger partial charge in [-0.05, 0) is 56.0 Å². The Hall–Kier alpha value is -1.85. The van der Waals surface area contributed by atoms with Gasteiger partial charge in [-0.1, -0.05) is 36.8 Å². The summed E-state index contributed by atoms with van der Waals surface area (Å²) < 4.78 is 33.8. The predicted molar refractivity (Wildman–Crippen MR) is 97.0 cm³/mol. The molecule has 2 aromatic carbocycles. The lowest BCUT2D eigenvalue weighted by Crippen LogP contribution is -2.29. The van der Waals surface area contributed by atoms with Crippen LogP contribution in [0.2, 0.25) is 0 Å². The second-order valence-corrected chi connectivity index (χ2v) is 7.69. The van der Waals surface area contributed by atoms with E-state index in [4.69, 9.17) is 4.74 Å². The Morgan fingerprint density at radius 2 is 1.62 bits per heavy atom. The van der Waals surface area contributed by atoms with E-state index in [0.29, 0.717) is 22.6 Å². The molecule has 0 unspecified atom stereocenters. The summed E-state index contributed by atoms with van der Waals surface area (Å²) in [5.74, 6) is 0.692. The van der Waals surface area contributed by atoms with Crippen molar-refractivity contribution in [2.45, 2.75) is 45.1 Å². The van der Waals surface area contributed by atoms with E-state index < -0.39 is 10.0 Å². The van der Waals surface area contributed by atoms with Gasteiger partial charge >= 0.3 is 0 Å². The molecule has 0 saturated heterocycles. The number of nitrogens with one attached hydrogen (secondary N) is 1. The van der Waals surface area contributed by atoms with Gasteiger partial charge in [0.25, 0.3) is 0 Å². The molecule has 0 saturated carbocycles. The zero-order valence-electron chi connectivity index (χ0n) is 14.9. The summed E-state index contributed by atoms with van der Waals surface area (Å²) >= 11 is 0. The van der Waals surface area contributed by atoms with E-state index in [1.54, 1.807) is 26.2 Å². The minimum Gasteiger partial charge on any atom is -0.496 e. The van der Waals surface area contributed by atoms with Gasteiger partial charge in [-0.25, -0.2) is 13.1 Å². The fourth-order valence-electron chi connectivity index (χ4n) is 2.72. The zero-order chi connectivity index (χ0) is 17.9. The lowest BCUT2D eigenvalue weighted by Gasteiger charge is -2.20. The molecule has 130 valence electrons. The van der Waals surface area contributed by atoms with E-state index >= 15 is 0 Å². The van der Waals surface area contributed by atoms with Gasteiger partial charge in [0.15, 0.2) is 0 Å². The molecule has 0 aliphatic carbocycles. The molecule has 0 aliphatic heterocycles. The normalized spacial score (nSPS) is 12.9. The highest BCUT2D eigenvalue weighted by molar-refractivity contribution is 7.89. The standard InChI is InChI=1S/C19H25NO3S/c1-6-17(16-9-7-13(2)8-10-16)20-24(21,22)19-12-11-18(23-5)14(3)15(19)4/h7-12,17,20H,6H2,1-5H3/t17-/m1/s1. The summed E-state index contributed by atoms with van der Waals surface area (Å²) in [6, 6.07) is 11.0. The predicted octanol–water partition coefficient (Wildman–Crippen LogP) is 4.05. The quantitative estimate of drug-likeness (QED) is 0.858. The third-order valence-corrected chi connectivity index (χ3v) is 6.00. The van der Waals surface area contributed by atoms with Crippen molar-refractivity contribution in [1.29, 1.82) is 0 Å². The molecule has 1 atom stereocenters. The lowest BCUT2D eigenvalue weighted by atomic mass is 10.0. The van der Waals surface area contributed by atoms with Crippen molar-refractivity contribution < 1.29 is 13.2 Å². The molecule has 0 bridgehead atoms. The van der Waals surface area contributed by atoms with Crippen molar-refractivity contribution in [1.82, 2.24) is 4.72 Å². The smallest absolute Gasteiger partial charge is 0.241 e. The molecule has 0 heterocycles. The Kier molecular flexibility index (Phi) is 5.67. The van der Waals surface area contributed by atoms with Crippen molar-refractivity contribution in [2.75, 3.05) is 7.11 Å². The zero-order valence-corrected chi connectivity index (χ0v) is 15.7. The van der Waals surface area contributed by atoms with Gasteiger partial charge in [-0.3, -0.25) is 0 Å². The third-order valence-electron chi connectivity index (χ3n) is 4.38. The van der Waals surface area contributed by atoms with E-state index in [0.717, 1.165) is 16.7 Å². The van der Waals surface area contributed by atoms with Gasteiger partial charge in [0.2, 0.25) is 10.0 Å². The minimum absolute atomic E-state index is 0.252. The van der Waals surface area contributed by atoms with E-state index in [1.165, 1.54) is 0 Å². The SMILES string of the molecule is CC[C@@H](NS(=O)(=O)c1ccc(OC)c(C)c1C)c1ccc(C)cc1. The highest BCUT2D eigenvalue weighted by atomic mass is 32.2. The molecular weight excluding hydrogens is 322 g/mol. The van der Waals surface area contributed by atoms with Crippen LogP contribution in [0.4, 0.5) is 0 Å². The Labute approximate surface area is 144 Å². The third kappa shape index (κ3) is 3.79. The molecule has 24 heavy (non-hydrogen) atoms. The monoisotopic (exact) mass is 347 g/mol. The van der Waals surface area contributed by atoms with Crippen LogP contribution in [-0.4, -0.2) is 15.5 Å². The Bertz CT molecular complexity index is 811. The summed E-state index contributed by atoms with van der Waals surface area (Å²) in [5, 5.41) is 0. The number of sulfonamides is 1. The molecule has 4 nitrogen and oxygen atoms in total. The van der Waals surface area contributed by atoms with Crippen LogP contribution in [-0.2, 0) is 10.0 Å². The van der Waals surface area contributed by atoms with E-state index in [9.17, 15) is 8.42 Å². The van der Waals surface area contributed by atoms with Gasteiger partial charge in [-0.2, -0.15) is 0 Å². The molecule has 1 N–H and O–H groups in total. The van der Waals surface area contributed by atoms with E-state index in [2.05, 4.69) is 4.72 Å². The summed E-state index contributed by atoms with van der Waals surface area (Å²) in [6.07, 6.45) is 0.677. The van der Waals surface area contributed by atoms with Gasteiger partial charge < -0.3 is 4.74 Å². The topological polar surface area (TPSA) is 55.4 Å². The van der Waals surface area contributed by atoms with Crippen LogP contribution in [0.1, 0.15) is 41.6 Å². The highest BCUT2D eigenvalue weighted by Gasteiger charge is 2.23. The van der Waals surface area contributed by atoms with Gasteiger partial charge in [0, 0.05) is 6.04 Å². The van der Waals surface area contributed by atoms with Crippen LogP contribution in [0.5, 0.6) is 5.75 Å². The average Bonchev–Trinajstić information content (AvgIpc) is 2.55. The van der Waals surface area contributed by atoms with Crippen molar-refractivity contribution in [2.24, 2.45) is 0 Å². The van der Waals surface area contributed by atoms with Crippen molar-refractivity contribution in [3.63, 3.8) is 0 Å². The van der Waals surface area contributed by atoms with Crippen molar-refractivity contribution >= 4 is 10.0 Å². The molecule has 2 rings (SSSR count). The van der Waals surface area contributed by atoms with Crippen molar-refractivity contribution in [3.8, 4) is 5.75 Å². The Morgan fingerprint density at radius 1 is 1.00 bits per heavy atom. The summed E-state index contributed by atoms with van der Waals surface area (Å²) in [6.45, 7) is 7.65. The van der Waals surface area contributed by atoms with Crippen molar-refractivity contribution in [3.05, 3.63) is 58.7 Å². The molecule has 0 aromatic heterocycles. The van der Waals surface area contributed by atoms with Crippen LogP contribution < -0.4 is 9.46 Å². The minimum atomic E-state index is -3.61. The first kappa shape index (κ1) is 18.5. The van der Waals surface area contributed by atoms with Gasteiger partial charge in [0.1, 0.15) is 5.75 Å². The molecule has 0 radical (unpaired) electrons. The molecule has 5 heteroatoms. The molecule has 0 spiro atoms. The first-order valence-electron chi connectivity index (χ1n) is 8.03. The molecule has 0 amide bonds. The highest BCUT2D eigenvalue weighted by Crippen LogP contribution is 2.28. The number of aryl methyl sites for hydroxylation is 1. The van der Waals surface area contributed by atoms with E-state index in [1.807, 2.05) is 45.0 Å². The van der Waals surface area contributed by atoms with E-state index in [-0.39, 0.29) is 6.04 Å². The number of hydrogen-bond acceptors (Lipinski definition) is 3. The maximum absolute atomic E-state index is 12.9. The summed E-state index contributed by atoms with van der Waals surface area (Å²) in [7, 11) is -2.03. The largest absolute Gasteiger partial charge is 0.496 e. The first-order chi connectivity index (χ1) is 11.3. The number of rotatable bonds is 6. The maximum Gasteiger partial charge on any atom is 0.241 e. The summed E-state index contributed by atoms with van der Waals surface area (Å²) in [5.41, 5.74) is 3.66. The van der Waals surface area contributed by atoms with Crippen LogP contribution in [0, 0.1) is 20.8 Å². The first-order valence-corrected chi connectivity index (χ1v) is 9.51. The Morgan fingerprint density at radius 3 is 2.17 bits per heavy atom. The van der Waals surface area contributed by atoms with Gasteiger partial charge in [0.05, 0.1) is 12.0 Å². The number of methoxy groups -OCH3 is 1. The lowest BCUT2D eigenvalue weighted by molar-refractivity contribution is 0.410. The summed E-state index contributed by atoms with van der Waals surface area (Å²) in [4.78, 5) is 0.298.